The van der Waals surface area contributed by atoms with E-state index in [9.17, 15) is 13.2 Å². The molecule has 1 rings (SSSR count). The minimum atomic E-state index is -4.41. The summed E-state index contributed by atoms with van der Waals surface area (Å²) in [6.45, 7) is -0.161. The summed E-state index contributed by atoms with van der Waals surface area (Å²) in [7, 11) is 1.48. The van der Waals surface area contributed by atoms with Crippen molar-refractivity contribution in [1.82, 2.24) is 9.55 Å². The summed E-state index contributed by atoms with van der Waals surface area (Å²) in [6, 6.07) is 0. The third-order valence-electron chi connectivity index (χ3n) is 1.52. The Bertz CT molecular complexity index is 276. The molecular weight excluding hydrogens is 171 g/mol. The predicted octanol–water partition coefficient (Wildman–Crippen LogP) is 0.898. The molecule has 0 fully saturated rings. The van der Waals surface area contributed by atoms with Crippen LogP contribution in [0.2, 0.25) is 0 Å². The minimum Gasteiger partial charge on any atom is -0.336 e. The minimum absolute atomic E-state index is 0.00231. The monoisotopic (exact) mass is 179 g/mol. The Hall–Kier alpha value is -1.04. The highest BCUT2D eigenvalue weighted by Crippen LogP contribution is 2.29. The Balaban J connectivity index is 3.16. The van der Waals surface area contributed by atoms with E-state index < -0.39 is 11.9 Å². The quantitative estimate of drug-likeness (QED) is 0.696. The zero-order valence-corrected chi connectivity index (χ0v) is 6.39. The van der Waals surface area contributed by atoms with Gasteiger partial charge in [-0.1, -0.05) is 0 Å². The van der Waals surface area contributed by atoms with E-state index in [-0.39, 0.29) is 12.2 Å². The second-order valence-corrected chi connectivity index (χ2v) is 2.35. The molecule has 3 nitrogen and oxygen atoms in total. The summed E-state index contributed by atoms with van der Waals surface area (Å²) in [4.78, 5) is 3.22. The van der Waals surface area contributed by atoms with Gasteiger partial charge in [0.05, 0.1) is 12.0 Å². The average molecular weight is 179 g/mol. The van der Waals surface area contributed by atoms with Crippen LogP contribution in [0.3, 0.4) is 0 Å². The zero-order chi connectivity index (χ0) is 9.35. The van der Waals surface area contributed by atoms with Gasteiger partial charge in [0.1, 0.15) is 0 Å². The molecule has 0 saturated heterocycles. The number of alkyl halides is 3. The number of imidazole rings is 1. The molecule has 68 valence electrons. The van der Waals surface area contributed by atoms with Gasteiger partial charge in [-0.25, -0.2) is 4.98 Å². The van der Waals surface area contributed by atoms with Crippen molar-refractivity contribution < 1.29 is 13.2 Å². The highest BCUT2D eigenvalue weighted by atomic mass is 19.4. The summed E-state index contributed by atoms with van der Waals surface area (Å²) in [6.07, 6.45) is -3.30. The van der Waals surface area contributed by atoms with Crippen LogP contribution in [0.5, 0.6) is 0 Å². The lowest BCUT2D eigenvalue weighted by Gasteiger charge is -2.05. The van der Waals surface area contributed by atoms with Crippen LogP contribution in [0.25, 0.3) is 0 Å². The summed E-state index contributed by atoms with van der Waals surface area (Å²) in [5.74, 6) is 0. The number of nitrogens with two attached hydrogens (primary N) is 1. The van der Waals surface area contributed by atoms with E-state index >= 15 is 0 Å². The Morgan fingerprint density at radius 2 is 2.17 bits per heavy atom. The van der Waals surface area contributed by atoms with Crippen LogP contribution in [-0.2, 0) is 19.8 Å². The Kier molecular flexibility index (Phi) is 2.10. The molecule has 0 unspecified atom stereocenters. The van der Waals surface area contributed by atoms with E-state index in [2.05, 4.69) is 4.98 Å². The maximum Gasteiger partial charge on any atom is 0.435 e. The molecule has 0 radical (unpaired) electrons. The smallest absolute Gasteiger partial charge is 0.336 e. The van der Waals surface area contributed by atoms with Crippen LogP contribution in [0.1, 0.15) is 11.4 Å². The SMILES string of the molecule is Cn1cnc(C(F)(F)F)c1CN. The summed E-state index contributed by atoms with van der Waals surface area (Å²) < 4.78 is 37.6. The number of halogens is 3. The van der Waals surface area contributed by atoms with Crippen LogP contribution in [0.4, 0.5) is 13.2 Å². The Morgan fingerprint density at radius 3 is 2.50 bits per heavy atom. The molecule has 0 amide bonds. The van der Waals surface area contributed by atoms with E-state index in [0.29, 0.717) is 0 Å². The van der Waals surface area contributed by atoms with E-state index in [0.717, 1.165) is 6.33 Å². The fraction of sp³-hybridized carbons (Fsp3) is 0.500. The fourth-order valence-electron chi connectivity index (χ4n) is 0.933. The Labute approximate surface area is 67.0 Å². The van der Waals surface area contributed by atoms with E-state index in [1.165, 1.54) is 11.6 Å². The van der Waals surface area contributed by atoms with Crippen molar-refractivity contribution in [3.05, 3.63) is 17.7 Å². The van der Waals surface area contributed by atoms with Crippen LogP contribution in [0.15, 0.2) is 6.33 Å². The molecule has 0 aromatic carbocycles. The normalized spacial score (nSPS) is 12.1. The van der Waals surface area contributed by atoms with E-state index in [4.69, 9.17) is 5.73 Å². The molecule has 0 atom stereocenters. The van der Waals surface area contributed by atoms with Crippen LogP contribution >= 0.6 is 0 Å². The van der Waals surface area contributed by atoms with Gasteiger partial charge in [-0.05, 0) is 0 Å². The molecule has 1 heterocycles. The maximum atomic E-state index is 12.1. The van der Waals surface area contributed by atoms with Gasteiger partial charge in [-0.3, -0.25) is 0 Å². The van der Waals surface area contributed by atoms with Gasteiger partial charge in [0.15, 0.2) is 5.69 Å². The summed E-state index contributed by atoms with van der Waals surface area (Å²) in [5, 5.41) is 0. The van der Waals surface area contributed by atoms with Gasteiger partial charge in [-0.2, -0.15) is 13.2 Å². The van der Waals surface area contributed by atoms with Crippen molar-refractivity contribution in [2.75, 3.05) is 0 Å². The third-order valence-corrected chi connectivity index (χ3v) is 1.52. The first-order valence-corrected chi connectivity index (χ1v) is 3.24. The molecule has 0 bridgehead atoms. The van der Waals surface area contributed by atoms with Crippen molar-refractivity contribution in [3.8, 4) is 0 Å². The Morgan fingerprint density at radius 1 is 1.58 bits per heavy atom. The molecule has 0 aliphatic heterocycles. The lowest BCUT2D eigenvalue weighted by Crippen LogP contribution is -2.13. The molecule has 1 aromatic heterocycles. The van der Waals surface area contributed by atoms with E-state index in [1.54, 1.807) is 0 Å². The number of aromatic nitrogens is 2. The van der Waals surface area contributed by atoms with Gasteiger partial charge in [0.2, 0.25) is 0 Å². The third kappa shape index (κ3) is 1.42. The molecular formula is C6H8F3N3. The molecule has 2 N–H and O–H groups in total. The number of rotatable bonds is 1. The summed E-state index contributed by atoms with van der Waals surface area (Å²) >= 11 is 0. The van der Waals surface area contributed by atoms with Crippen LogP contribution in [-0.4, -0.2) is 9.55 Å². The van der Waals surface area contributed by atoms with Gasteiger partial charge in [0.25, 0.3) is 0 Å². The molecule has 0 saturated carbocycles. The number of aryl methyl sites for hydroxylation is 1. The van der Waals surface area contributed by atoms with Crippen molar-refractivity contribution >= 4 is 0 Å². The predicted molar refractivity (Wildman–Crippen MR) is 36.1 cm³/mol. The number of hydrogen-bond acceptors (Lipinski definition) is 2. The van der Waals surface area contributed by atoms with Crippen molar-refractivity contribution in [1.29, 1.82) is 0 Å². The zero-order valence-electron chi connectivity index (χ0n) is 6.39. The first kappa shape index (κ1) is 9.05. The molecule has 1 aromatic rings. The average Bonchev–Trinajstić information content (AvgIpc) is 2.29. The van der Waals surface area contributed by atoms with Crippen molar-refractivity contribution in [3.63, 3.8) is 0 Å². The van der Waals surface area contributed by atoms with Crippen LogP contribution < -0.4 is 5.73 Å². The van der Waals surface area contributed by atoms with Crippen molar-refractivity contribution in [2.45, 2.75) is 12.7 Å². The summed E-state index contributed by atoms with van der Waals surface area (Å²) in [5.41, 5.74) is 4.24. The maximum absolute atomic E-state index is 12.1. The van der Waals surface area contributed by atoms with Gasteiger partial charge in [0, 0.05) is 13.6 Å². The first-order valence-electron chi connectivity index (χ1n) is 3.24. The van der Waals surface area contributed by atoms with Gasteiger partial charge < -0.3 is 10.3 Å². The lowest BCUT2D eigenvalue weighted by molar-refractivity contribution is -0.141. The van der Waals surface area contributed by atoms with Gasteiger partial charge in [-0.15, -0.1) is 0 Å². The molecule has 12 heavy (non-hydrogen) atoms. The highest BCUT2D eigenvalue weighted by molar-refractivity contribution is 5.15. The van der Waals surface area contributed by atoms with Crippen LogP contribution in [0, 0.1) is 0 Å². The van der Waals surface area contributed by atoms with Crippen molar-refractivity contribution in [2.24, 2.45) is 12.8 Å². The largest absolute Gasteiger partial charge is 0.435 e. The standard InChI is InChI=1S/C6H8F3N3/c1-12-3-11-5(4(12)2-10)6(7,8)9/h3H,2,10H2,1H3. The van der Waals surface area contributed by atoms with E-state index in [1.807, 2.05) is 0 Å². The first-order chi connectivity index (χ1) is 5.46. The number of hydrogen-bond donors (Lipinski definition) is 1. The molecule has 6 heteroatoms. The molecule has 0 aliphatic rings. The second-order valence-electron chi connectivity index (χ2n) is 2.35. The van der Waals surface area contributed by atoms with Gasteiger partial charge >= 0.3 is 6.18 Å². The molecule has 0 aliphatic carbocycles. The number of nitrogens with zero attached hydrogens (tertiary/aromatic N) is 2. The molecule has 0 spiro atoms. The second kappa shape index (κ2) is 2.78. The lowest BCUT2D eigenvalue weighted by atomic mass is 10.3. The topological polar surface area (TPSA) is 43.8 Å². The fourth-order valence-corrected chi connectivity index (χ4v) is 0.933. The highest BCUT2D eigenvalue weighted by Gasteiger charge is 2.36.